The standard InChI is InChI=1S/C19H21F6N3O/c1-2-18(21,22)8-7-14(16(29)28-17(11-26)9-10-17)27-15(19(23,24)25)12-3-5-13(20)6-4-12/h3-6,14-15,27H,2,7-10H2,1H3,(H,28,29)/t14-,15-/m0/s1. The minimum absolute atomic E-state index is 0.341. The molecule has 1 aromatic rings. The molecule has 29 heavy (non-hydrogen) atoms. The summed E-state index contributed by atoms with van der Waals surface area (Å²) < 4.78 is 81.2. The Morgan fingerprint density at radius 1 is 1.21 bits per heavy atom. The first-order valence-corrected chi connectivity index (χ1v) is 9.11. The topological polar surface area (TPSA) is 64.9 Å². The van der Waals surface area contributed by atoms with Crippen molar-refractivity contribution in [2.24, 2.45) is 0 Å². The second kappa shape index (κ2) is 8.61. The number of halogens is 6. The van der Waals surface area contributed by atoms with Crippen molar-refractivity contribution >= 4 is 5.91 Å². The van der Waals surface area contributed by atoms with E-state index in [0.717, 1.165) is 24.3 Å². The number of nitrogens with zero attached hydrogens (tertiary/aromatic N) is 1. The molecule has 0 spiro atoms. The predicted molar refractivity (Wildman–Crippen MR) is 92.3 cm³/mol. The van der Waals surface area contributed by atoms with E-state index in [4.69, 9.17) is 5.26 Å². The molecule has 1 fully saturated rings. The second-order valence-electron chi connectivity index (χ2n) is 7.18. The first-order chi connectivity index (χ1) is 13.4. The maximum atomic E-state index is 13.7. The average molecular weight is 421 g/mol. The number of nitrogens with one attached hydrogen (secondary N) is 2. The molecule has 4 nitrogen and oxygen atoms in total. The van der Waals surface area contributed by atoms with Crippen LogP contribution in [0.2, 0.25) is 0 Å². The number of benzene rings is 1. The number of hydrogen-bond donors (Lipinski definition) is 2. The number of rotatable bonds is 9. The lowest BCUT2D eigenvalue weighted by molar-refractivity contribution is -0.161. The Balaban J connectivity index is 2.25. The van der Waals surface area contributed by atoms with Crippen molar-refractivity contribution < 1.29 is 31.1 Å². The molecule has 1 amide bonds. The van der Waals surface area contributed by atoms with E-state index in [1.165, 1.54) is 6.92 Å². The number of amides is 1. The van der Waals surface area contributed by atoms with Crippen LogP contribution in [-0.2, 0) is 4.79 Å². The Bertz CT molecular complexity index is 753. The summed E-state index contributed by atoms with van der Waals surface area (Å²) in [6, 6.07) is 1.38. The van der Waals surface area contributed by atoms with Gasteiger partial charge in [-0.25, -0.2) is 13.2 Å². The molecule has 2 rings (SSSR count). The molecule has 1 aliphatic carbocycles. The van der Waals surface area contributed by atoms with E-state index in [2.05, 4.69) is 10.6 Å². The van der Waals surface area contributed by atoms with E-state index in [9.17, 15) is 31.1 Å². The van der Waals surface area contributed by atoms with E-state index in [-0.39, 0.29) is 5.56 Å². The molecule has 0 aromatic heterocycles. The summed E-state index contributed by atoms with van der Waals surface area (Å²) >= 11 is 0. The number of nitriles is 1. The number of alkyl halides is 5. The maximum absolute atomic E-state index is 13.7. The summed E-state index contributed by atoms with van der Waals surface area (Å²) in [6.45, 7) is 1.23. The lowest BCUT2D eigenvalue weighted by atomic mass is 10.0. The Hall–Kier alpha value is -2.28. The van der Waals surface area contributed by atoms with Gasteiger partial charge in [0.1, 0.15) is 17.4 Å². The van der Waals surface area contributed by atoms with Gasteiger partial charge >= 0.3 is 6.18 Å². The molecule has 10 heteroatoms. The fraction of sp³-hybridized carbons (Fsp3) is 0.579. The van der Waals surface area contributed by atoms with E-state index in [0.29, 0.717) is 12.8 Å². The highest BCUT2D eigenvalue weighted by molar-refractivity contribution is 5.83. The van der Waals surface area contributed by atoms with E-state index < -0.39 is 60.7 Å². The fourth-order valence-electron chi connectivity index (χ4n) is 2.77. The van der Waals surface area contributed by atoms with Gasteiger partial charge in [-0.1, -0.05) is 19.1 Å². The van der Waals surface area contributed by atoms with Crippen LogP contribution in [0.3, 0.4) is 0 Å². The van der Waals surface area contributed by atoms with Crippen LogP contribution in [0.5, 0.6) is 0 Å². The fourth-order valence-corrected chi connectivity index (χ4v) is 2.77. The highest BCUT2D eigenvalue weighted by atomic mass is 19.4. The minimum atomic E-state index is -4.86. The van der Waals surface area contributed by atoms with Crippen LogP contribution in [0, 0.1) is 17.1 Å². The average Bonchev–Trinajstić information content (AvgIpc) is 3.41. The zero-order valence-electron chi connectivity index (χ0n) is 15.6. The van der Waals surface area contributed by atoms with E-state index in [1.807, 2.05) is 6.07 Å². The molecule has 0 heterocycles. The lowest BCUT2D eigenvalue weighted by Crippen LogP contribution is -2.52. The molecule has 2 N–H and O–H groups in total. The lowest BCUT2D eigenvalue weighted by Gasteiger charge is -2.29. The third-order valence-corrected chi connectivity index (χ3v) is 4.86. The summed E-state index contributed by atoms with van der Waals surface area (Å²) in [5, 5.41) is 13.5. The molecule has 0 saturated heterocycles. The number of carbonyl (C=O) groups excluding carboxylic acids is 1. The largest absolute Gasteiger partial charge is 0.407 e. The van der Waals surface area contributed by atoms with Crippen LogP contribution in [0.4, 0.5) is 26.3 Å². The number of carbonyl (C=O) groups is 1. The van der Waals surface area contributed by atoms with Gasteiger partial charge in [0.2, 0.25) is 11.8 Å². The van der Waals surface area contributed by atoms with Gasteiger partial charge in [-0.15, -0.1) is 0 Å². The Labute approximate surface area is 164 Å². The highest BCUT2D eigenvalue weighted by Crippen LogP contribution is 2.36. The molecule has 1 aromatic carbocycles. The van der Waals surface area contributed by atoms with Crippen LogP contribution in [0.15, 0.2) is 24.3 Å². The van der Waals surface area contributed by atoms with Crippen LogP contribution >= 0.6 is 0 Å². The number of hydrogen-bond acceptors (Lipinski definition) is 3. The van der Waals surface area contributed by atoms with Crippen molar-refractivity contribution in [2.75, 3.05) is 0 Å². The highest BCUT2D eigenvalue weighted by Gasteiger charge is 2.47. The summed E-state index contributed by atoms with van der Waals surface area (Å²) in [7, 11) is 0. The summed E-state index contributed by atoms with van der Waals surface area (Å²) in [6.07, 6.45) is -6.08. The van der Waals surface area contributed by atoms with Crippen molar-refractivity contribution in [1.29, 1.82) is 5.26 Å². The molecule has 1 aliphatic rings. The summed E-state index contributed by atoms with van der Waals surface area (Å²) in [4.78, 5) is 12.5. The van der Waals surface area contributed by atoms with Crippen LogP contribution in [-0.4, -0.2) is 29.6 Å². The monoisotopic (exact) mass is 421 g/mol. The SMILES string of the molecule is CCC(F)(F)CC[C@H](N[C@@H](c1ccc(F)cc1)C(F)(F)F)C(=O)NC1(C#N)CC1. The van der Waals surface area contributed by atoms with Gasteiger partial charge < -0.3 is 5.32 Å². The van der Waals surface area contributed by atoms with Gasteiger partial charge in [0.25, 0.3) is 0 Å². The van der Waals surface area contributed by atoms with Crippen LogP contribution < -0.4 is 10.6 Å². The minimum Gasteiger partial charge on any atom is -0.336 e. The molecular weight excluding hydrogens is 400 g/mol. The normalized spacial score (nSPS) is 17.9. The van der Waals surface area contributed by atoms with Crippen molar-refractivity contribution in [2.45, 2.75) is 68.7 Å². The first kappa shape index (κ1) is 23.0. The quantitative estimate of drug-likeness (QED) is 0.582. The Morgan fingerprint density at radius 2 is 1.79 bits per heavy atom. The molecule has 0 aliphatic heterocycles. The molecule has 0 unspecified atom stereocenters. The van der Waals surface area contributed by atoms with Gasteiger partial charge in [0.05, 0.1) is 12.1 Å². The van der Waals surface area contributed by atoms with E-state index >= 15 is 0 Å². The first-order valence-electron chi connectivity index (χ1n) is 9.11. The Kier molecular flexibility index (Phi) is 6.83. The second-order valence-corrected chi connectivity index (χ2v) is 7.18. The van der Waals surface area contributed by atoms with Crippen LogP contribution in [0.1, 0.15) is 50.6 Å². The van der Waals surface area contributed by atoms with Gasteiger partial charge in [-0.3, -0.25) is 10.1 Å². The maximum Gasteiger partial charge on any atom is 0.407 e. The molecule has 2 atom stereocenters. The van der Waals surface area contributed by atoms with Gasteiger partial charge in [0, 0.05) is 12.8 Å². The smallest absolute Gasteiger partial charge is 0.336 e. The zero-order chi connectivity index (χ0) is 21.9. The third kappa shape index (κ3) is 6.35. The van der Waals surface area contributed by atoms with Gasteiger partial charge in [0.15, 0.2) is 0 Å². The van der Waals surface area contributed by atoms with Crippen LogP contribution in [0.25, 0.3) is 0 Å². The molecular formula is C19H21F6N3O. The van der Waals surface area contributed by atoms with Crippen molar-refractivity contribution in [3.05, 3.63) is 35.6 Å². The van der Waals surface area contributed by atoms with Crippen molar-refractivity contribution in [1.82, 2.24) is 10.6 Å². The molecule has 1 saturated carbocycles. The van der Waals surface area contributed by atoms with Gasteiger partial charge in [-0.05, 0) is 37.0 Å². The summed E-state index contributed by atoms with van der Waals surface area (Å²) in [5.74, 6) is -4.83. The molecule has 160 valence electrons. The van der Waals surface area contributed by atoms with E-state index in [1.54, 1.807) is 0 Å². The molecule has 0 radical (unpaired) electrons. The zero-order valence-corrected chi connectivity index (χ0v) is 15.6. The van der Waals surface area contributed by atoms with Gasteiger partial charge in [-0.2, -0.15) is 18.4 Å². The third-order valence-electron chi connectivity index (χ3n) is 4.86. The predicted octanol–water partition coefficient (Wildman–Crippen LogP) is 4.39. The molecule has 0 bridgehead atoms. The summed E-state index contributed by atoms with van der Waals surface area (Å²) in [5.41, 5.74) is -1.52. The van der Waals surface area contributed by atoms with Crippen molar-refractivity contribution in [3.8, 4) is 6.07 Å². The Morgan fingerprint density at radius 3 is 2.24 bits per heavy atom. The van der Waals surface area contributed by atoms with Crippen molar-refractivity contribution in [3.63, 3.8) is 0 Å².